The zero-order chi connectivity index (χ0) is 14.3. The third-order valence-electron chi connectivity index (χ3n) is 3.67. The maximum Gasteiger partial charge on any atom is 0.179 e. The number of hydrogen-bond donors (Lipinski definition) is 0. The summed E-state index contributed by atoms with van der Waals surface area (Å²) in [5, 5.41) is 0. The molecule has 0 saturated carbocycles. The second kappa shape index (κ2) is 8.39. The van der Waals surface area contributed by atoms with E-state index in [4.69, 9.17) is 0 Å². The highest BCUT2D eigenvalue weighted by Gasteiger charge is 2.25. The molecule has 0 aliphatic carbocycles. The van der Waals surface area contributed by atoms with Gasteiger partial charge < -0.3 is 0 Å². The van der Waals surface area contributed by atoms with Crippen LogP contribution in [0.15, 0.2) is 30.3 Å². The molecule has 0 heterocycles. The van der Waals surface area contributed by atoms with Crippen molar-refractivity contribution in [2.75, 3.05) is 19.1 Å². The molecule has 0 aromatic heterocycles. The van der Waals surface area contributed by atoms with E-state index in [1.165, 1.54) is 0 Å². The van der Waals surface area contributed by atoms with Crippen LogP contribution in [-0.4, -0.2) is 41.8 Å². The van der Waals surface area contributed by atoms with Crippen molar-refractivity contribution in [3.63, 3.8) is 0 Å². The second-order valence-corrected chi connectivity index (χ2v) is 5.94. The van der Waals surface area contributed by atoms with E-state index in [1.54, 1.807) is 0 Å². The Labute approximate surface area is 121 Å². The Hall–Kier alpha value is -0.800. The van der Waals surface area contributed by atoms with Crippen molar-refractivity contribution in [1.29, 1.82) is 0 Å². The lowest BCUT2D eigenvalue weighted by atomic mass is 9.99. The Morgan fingerprint density at radius 3 is 2.47 bits per heavy atom. The van der Waals surface area contributed by atoms with E-state index >= 15 is 0 Å². The number of hydrogen-bond acceptors (Lipinski definition) is 3. The molecule has 0 radical (unpaired) electrons. The minimum Gasteiger partial charge on any atom is -0.294 e. The summed E-state index contributed by atoms with van der Waals surface area (Å²) < 4.78 is 0. The molecule has 0 amide bonds. The van der Waals surface area contributed by atoms with Gasteiger partial charge in [0.25, 0.3) is 0 Å². The van der Waals surface area contributed by atoms with Gasteiger partial charge in [0.2, 0.25) is 0 Å². The fourth-order valence-electron chi connectivity index (χ4n) is 2.25. The fourth-order valence-corrected chi connectivity index (χ4v) is 2.83. The number of carbonyl (C=O) groups excluding carboxylic acids is 1. The largest absolute Gasteiger partial charge is 0.294 e. The van der Waals surface area contributed by atoms with E-state index in [9.17, 15) is 4.79 Å². The number of likely N-dealkylation sites (N-methyl/N-ethyl adjacent to an activating group) is 1. The van der Waals surface area contributed by atoms with Gasteiger partial charge in [0.15, 0.2) is 5.78 Å². The van der Waals surface area contributed by atoms with Gasteiger partial charge in [0, 0.05) is 11.6 Å². The van der Waals surface area contributed by atoms with Crippen molar-refractivity contribution >= 4 is 17.5 Å². The van der Waals surface area contributed by atoms with E-state index in [2.05, 4.69) is 32.1 Å². The Kier molecular flexibility index (Phi) is 7.17. The summed E-state index contributed by atoms with van der Waals surface area (Å²) in [6, 6.07) is 10.0. The third-order valence-corrected chi connectivity index (χ3v) is 4.32. The van der Waals surface area contributed by atoms with Crippen LogP contribution in [0.4, 0.5) is 0 Å². The van der Waals surface area contributed by atoms with Crippen LogP contribution in [0.3, 0.4) is 0 Å². The summed E-state index contributed by atoms with van der Waals surface area (Å²) in [7, 11) is 2.07. The van der Waals surface area contributed by atoms with Crippen molar-refractivity contribution in [2.45, 2.75) is 38.8 Å². The molecule has 0 fully saturated rings. The first-order valence-electron chi connectivity index (χ1n) is 6.91. The molecule has 0 aliphatic rings. The van der Waals surface area contributed by atoms with Crippen LogP contribution in [0.2, 0.25) is 0 Å². The van der Waals surface area contributed by atoms with Gasteiger partial charge in [0.1, 0.15) is 0 Å². The highest BCUT2D eigenvalue weighted by molar-refractivity contribution is 7.98. The Balaban J connectivity index is 2.74. The van der Waals surface area contributed by atoms with Crippen LogP contribution in [0, 0.1) is 0 Å². The molecule has 106 valence electrons. The van der Waals surface area contributed by atoms with E-state index < -0.39 is 0 Å². The van der Waals surface area contributed by atoms with Crippen molar-refractivity contribution in [1.82, 2.24) is 4.90 Å². The number of rotatable bonds is 8. The average Bonchev–Trinajstić information content (AvgIpc) is 2.46. The fraction of sp³-hybridized carbons (Fsp3) is 0.562. The first-order chi connectivity index (χ1) is 9.11. The van der Waals surface area contributed by atoms with E-state index in [0.717, 1.165) is 24.2 Å². The van der Waals surface area contributed by atoms with Gasteiger partial charge in [-0.15, -0.1) is 0 Å². The van der Waals surface area contributed by atoms with Crippen LogP contribution in [0.5, 0.6) is 0 Å². The summed E-state index contributed by atoms with van der Waals surface area (Å²) >= 11 is 1.86. The molecule has 1 rings (SSSR count). The minimum absolute atomic E-state index is 0.0146. The predicted molar refractivity (Wildman–Crippen MR) is 85.1 cm³/mol. The molecule has 0 saturated heterocycles. The Bertz CT molecular complexity index is 380. The van der Waals surface area contributed by atoms with Crippen molar-refractivity contribution < 1.29 is 4.79 Å². The lowest BCUT2D eigenvalue weighted by Gasteiger charge is -2.31. The van der Waals surface area contributed by atoms with Crippen LogP contribution >= 0.6 is 11.8 Å². The minimum atomic E-state index is -0.0146. The highest BCUT2D eigenvalue weighted by atomic mass is 32.2. The smallest absolute Gasteiger partial charge is 0.179 e. The first kappa shape index (κ1) is 16.3. The molecule has 19 heavy (non-hydrogen) atoms. The monoisotopic (exact) mass is 279 g/mol. The van der Waals surface area contributed by atoms with Gasteiger partial charge >= 0.3 is 0 Å². The van der Waals surface area contributed by atoms with Crippen LogP contribution in [0.25, 0.3) is 0 Å². The third kappa shape index (κ3) is 4.66. The number of thioether (sulfide) groups is 1. The second-order valence-electron chi connectivity index (χ2n) is 4.95. The lowest BCUT2D eigenvalue weighted by Crippen LogP contribution is -2.43. The maximum absolute atomic E-state index is 12.5. The number of ketones is 1. The van der Waals surface area contributed by atoms with Gasteiger partial charge in [-0.3, -0.25) is 9.69 Å². The average molecular weight is 279 g/mol. The van der Waals surface area contributed by atoms with Crippen LogP contribution in [0.1, 0.15) is 37.0 Å². The Morgan fingerprint density at radius 2 is 1.95 bits per heavy atom. The molecular weight excluding hydrogens is 254 g/mol. The number of benzene rings is 1. The van der Waals surface area contributed by atoms with Crippen LogP contribution < -0.4 is 0 Å². The molecule has 2 unspecified atom stereocenters. The van der Waals surface area contributed by atoms with Gasteiger partial charge in [-0.2, -0.15) is 11.8 Å². The molecular formula is C16H25NOS. The van der Waals surface area contributed by atoms with Gasteiger partial charge in [0.05, 0.1) is 6.04 Å². The molecule has 0 spiro atoms. The summed E-state index contributed by atoms with van der Waals surface area (Å²) in [5.41, 5.74) is 0.818. The Morgan fingerprint density at radius 1 is 1.32 bits per heavy atom. The van der Waals surface area contributed by atoms with Crippen molar-refractivity contribution in [3.05, 3.63) is 35.9 Å². The molecule has 3 heteroatoms. The SMILES string of the molecule is CCC(C(=O)c1ccccc1)N(C)C(C)CCSC. The molecule has 2 atom stereocenters. The zero-order valence-electron chi connectivity index (χ0n) is 12.4. The summed E-state index contributed by atoms with van der Waals surface area (Å²) in [6.45, 7) is 4.29. The topological polar surface area (TPSA) is 20.3 Å². The van der Waals surface area contributed by atoms with Gasteiger partial charge in [-0.05, 0) is 38.8 Å². The van der Waals surface area contributed by atoms with E-state index in [0.29, 0.717) is 6.04 Å². The van der Waals surface area contributed by atoms with Crippen molar-refractivity contribution in [2.24, 2.45) is 0 Å². The number of nitrogens with zero attached hydrogens (tertiary/aromatic N) is 1. The quantitative estimate of drug-likeness (QED) is 0.676. The molecule has 0 aliphatic heterocycles. The normalized spacial score (nSPS) is 14.4. The number of Topliss-reactive ketones (excluding diaryl/α,β-unsaturated/α-hetero) is 1. The molecule has 0 N–H and O–H groups in total. The maximum atomic E-state index is 12.5. The predicted octanol–water partition coefficient (Wildman–Crippen LogP) is 3.72. The van der Waals surface area contributed by atoms with Crippen molar-refractivity contribution in [3.8, 4) is 0 Å². The van der Waals surface area contributed by atoms with E-state index in [1.807, 2.05) is 42.1 Å². The molecule has 0 bridgehead atoms. The van der Waals surface area contributed by atoms with E-state index in [-0.39, 0.29) is 11.8 Å². The molecule has 1 aromatic rings. The van der Waals surface area contributed by atoms with Gasteiger partial charge in [-0.25, -0.2) is 0 Å². The molecule has 2 nitrogen and oxygen atoms in total. The summed E-state index contributed by atoms with van der Waals surface area (Å²) in [6.07, 6.45) is 4.10. The molecule has 1 aromatic carbocycles. The standard InChI is InChI=1S/C16H25NOS/c1-5-15(17(3)13(2)11-12-19-4)16(18)14-9-7-6-8-10-14/h6-10,13,15H,5,11-12H2,1-4H3. The lowest BCUT2D eigenvalue weighted by molar-refractivity contribution is 0.0795. The van der Waals surface area contributed by atoms with Gasteiger partial charge in [-0.1, -0.05) is 37.3 Å². The highest BCUT2D eigenvalue weighted by Crippen LogP contribution is 2.16. The van der Waals surface area contributed by atoms with Crippen LogP contribution in [-0.2, 0) is 0 Å². The zero-order valence-corrected chi connectivity index (χ0v) is 13.2. The first-order valence-corrected chi connectivity index (χ1v) is 8.31. The summed E-state index contributed by atoms with van der Waals surface area (Å²) in [4.78, 5) is 14.8. The summed E-state index contributed by atoms with van der Waals surface area (Å²) in [5.74, 6) is 1.38. The number of carbonyl (C=O) groups is 1.